The Kier molecular flexibility index (Phi) is 4.67. The van der Waals surface area contributed by atoms with E-state index in [1.165, 1.54) is 0 Å². The maximum absolute atomic E-state index is 12.5. The molecule has 2 aliphatic heterocycles. The van der Waals surface area contributed by atoms with E-state index in [9.17, 15) is 13.2 Å². The quantitative estimate of drug-likeness (QED) is 0.827. The molecule has 1 N–H and O–H groups in total. The lowest BCUT2D eigenvalue weighted by atomic mass is 9.90. The minimum atomic E-state index is -3.22. The summed E-state index contributed by atoms with van der Waals surface area (Å²) in [5.41, 5.74) is 0.0904. The number of likely N-dealkylation sites (tertiary alicyclic amines) is 1. The fourth-order valence-electron chi connectivity index (χ4n) is 3.52. The fraction of sp³-hybridized carbons (Fsp3) is 0.733. The van der Waals surface area contributed by atoms with Gasteiger partial charge in [-0.05, 0) is 31.7 Å². The van der Waals surface area contributed by atoms with Crippen molar-refractivity contribution in [3.63, 3.8) is 0 Å². The molecule has 134 valence electrons. The first-order chi connectivity index (χ1) is 11.3. The number of rotatable bonds is 4. The van der Waals surface area contributed by atoms with Crippen LogP contribution in [0.4, 0.5) is 0 Å². The predicted octanol–water partition coefficient (Wildman–Crippen LogP) is 0.123. The monoisotopic (exact) mass is 356 g/mol. The van der Waals surface area contributed by atoms with Crippen LogP contribution in [-0.2, 0) is 21.8 Å². The van der Waals surface area contributed by atoms with Crippen LogP contribution in [0, 0.1) is 0 Å². The number of nitrogens with zero attached hydrogens (tertiary/aromatic N) is 3. The number of aryl methyl sites for hydroxylation is 1. The molecule has 1 amide bonds. The Labute approximate surface area is 142 Å². The minimum absolute atomic E-state index is 0.0764. The smallest absolute Gasteiger partial charge is 0.274 e. The molecule has 2 saturated heterocycles. The van der Waals surface area contributed by atoms with Gasteiger partial charge in [0.2, 0.25) is 10.0 Å². The Morgan fingerprint density at radius 1 is 1.50 bits per heavy atom. The summed E-state index contributed by atoms with van der Waals surface area (Å²) < 4.78 is 32.9. The summed E-state index contributed by atoms with van der Waals surface area (Å²) in [6.07, 6.45) is 6.24. The van der Waals surface area contributed by atoms with Crippen molar-refractivity contribution in [2.45, 2.75) is 37.4 Å². The second-order valence-corrected chi connectivity index (χ2v) is 8.62. The van der Waals surface area contributed by atoms with E-state index in [-0.39, 0.29) is 24.2 Å². The van der Waals surface area contributed by atoms with Crippen molar-refractivity contribution in [2.24, 2.45) is 7.05 Å². The molecule has 0 saturated carbocycles. The Morgan fingerprint density at radius 2 is 2.29 bits per heavy atom. The van der Waals surface area contributed by atoms with Gasteiger partial charge in [-0.3, -0.25) is 9.48 Å². The highest BCUT2D eigenvalue weighted by Gasteiger charge is 2.44. The molecule has 3 heterocycles. The third-order valence-corrected chi connectivity index (χ3v) is 5.38. The van der Waals surface area contributed by atoms with E-state index in [2.05, 4.69) is 9.82 Å². The van der Waals surface area contributed by atoms with E-state index >= 15 is 0 Å². The maximum atomic E-state index is 12.5. The molecule has 1 spiro atoms. The Balaban J connectivity index is 1.61. The van der Waals surface area contributed by atoms with Crippen LogP contribution in [0.1, 0.15) is 36.2 Å². The molecular weight excluding hydrogens is 332 g/mol. The molecule has 3 rings (SSSR count). The standard InChI is InChI=1S/C15H24N4O4S/c1-18-8-5-13(17-18)14(20)19-9-7-15(11-19)6-3-4-12(23-15)10-16-24(2,21)22/h5,8,12,16H,3-4,6-7,9-11H2,1-2H3/t12-,15+/m1/s1. The average molecular weight is 356 g/mol. The van der Waals surface area contributed by atoms with Crippen molar-refractivity contribution in [1.82, 2.24) is 19.4 Å². The van der Waals surface area contributed by atoms with Crippen LogP contribution in [0.2, 0.25) is 0 Å². The van der Waals surface area contributed by atoms with Crippen molar-refractivity contribution < 1.29 is 17.9 Å². The van der Waals surface area contributed by atoms with E-state index in [4.69, 9.17) is 4.74 Å². The molecule has 0 aromatic carbocycles. The number of carbonyl (C=O) groups excluding carboxylic acids is 1. The van der Waals surface area contributed by atoms with Gasteiger partial charge >= 0.3 is 0 Å². The van der Waals surface area contributed by atoms with Gasteiger partial charge in [-0.2, -0.15) is 5.10 Å². The van der Waals surface area contributed by atoms with E-state index in [1.54, 1.807) is 28.9 Å². The number of carbonyl (C=O) groups is 1. The molecule has 8 nitrogen and oxygen atoms in total. The normalized spacial score (nSPS) is 27.8. The lowest BCUT2D eigenvalue weighted by molar-refractivity contribution is -0.116. The highest BCUT2D eigenvalue weighted by atomic mass is 32.2. The molecule has 0 unspecified atom stereocenters. The van der Waals surface area contributed by atoms with Gasteiger partial charge in [-0.25, -0.2) is 13.1 Å². The zero-order chi connectivity index (χ0) is 17.4. The maximum Gasteiger partial charge on any atom is 0.274 e. The molecular formula is C15H24N4O4S. The van der Waals surface area contributed by atoms with Crippen molar-refractivity contribution >= 4 is 15.9 Å². The molecule has 1 aromatic rings. The number of ether oxygens (including phenoxy) is 1. The molecule has 2 fully saturated rings. The Bertz CT molecular complexity index is 717. The predicted molar refractivity (Wildman–Crippen MR) is 88.0 cm³/mol. The molecule has 1 aromatic heterocycles. The summed E-state index contributed by atoms with van der Waals surface area (Å²) in [5.74, 6) is -0.0764. The van der Waals surface area contributed by atoms with Crippen LogP contribution in [0.3, 0.4) is 0 Å². The van der Waals surface area contributed by atoms with Crippen molar-refractivity contribution in [1.29, 1.82) is 0 Å². The second kappa shape index (κ2) is 6.45. The third kappa shape index (κ3) is 3.96. The van der Waals surface area contributed by atoms with Gasteiger partial charge in [-0.15, -0.1) is 0 Å². The summed E-state index contributed by atoms with van der Waals surface area (Å²) in [5, 5.41) is 4.17. The lowest BCUT2D eigenvalue weighted by Gasteiger charge is -2.38. The second-order valence-electron chi connectivity index (χ2n) is 6.79. The molecule has 0 radical (unpaired) electrons. The Hall–Kier alpha value is -1.45. The SMILES string of the molecule is Cn1ccc(C(=O)N2CC[C@@]3(CCC[C@H](CNS(C)(=O)=O)O3)C2)n1. The number of hydrogen-bond donors (Lipinski definition) is 1. The van der Waals surface area contributed by atoms with Gasteiger partial charge < -0.3 is 9.64 Å². The zero-order valence-electron chi connectivity index (χ0n) is 14.1. The van der Waals surface area contributed by atoms with Crippen LogP contribution in [0.15, 0.2) is 12.3 Å². The van der Waals surface area contributed by atoms with Crippen LogP contribution < -0.4 is 4.72 Å². The van der Waals surface area contributed by atoms with Crippen molar-refractivity contribution in [3.8, 4) is 0 Å². The van der Waals surface area contributed by atoms with E-state index < -0.39 is 10.0 Å². The fourth-order valence-corrected chi connectivity index (χ4v) is 4.01. The minimum Gasteiger partial charge on any atom is -0.368 e. The molecule has 24 heavy (non-hydrogen) atoms. The van der Waals surface area contributed by atoms with Crippen molar-refractivity contribution in [2.75, 3.05) is 25.9 Å². The topological polar surface area (TPSA) is 93.5 Å². The van der Waals surface area contributed by atoms with Crippen LogP contribution >= 0.6 is 0 Å². The van der Waals surface area contributed by atoms with Crippen LogP contribution in [-0.4, -0.2) is 66.6 Å². The van der Waals surface area contributed by atoms with Gasteiger partial charge in [0.05, 0.1) is 24.5 Å². The summed E-state index contributed by atoms with van der Waals surface area (Å²) in [4.78, 5) is 14.3. The number of nitrogens with one attached hydrogen (secondary N) is 1. The van der Waals surface area contributed by atoms with Crippen LogP contribution in [0.25, 0.3) is 0 Å². The first-order valence-corrected chi connectivity index (χ1v) is 10.1. The summed E-state index contributed by atoms with van der Waals surface area (Å²) in [6.45, 7) is 1.47. The van der Waals surface area contributed by atoms with Gasteiger partial charge in [0.1, 0.15) is 5.69 Å². The van der Waals surface area contributed by atoms with Gasteiger partial charge in [0, 0.05) is 26.3 Å². The highest BCUT2D eigenvalue weighted by molar-refractivity contribution is 7.88. The Morgan fingerprint density at radius 3 is 2.96 bits per heavy atom. The third-order valence-electron chi connectivity index (χ3n) is 4.68. The first kappa shape index (κ1) is 17.4. The summed E-state index contributed by atoms with van der Waals surface area (Å²) >= 11 is 0. The first-order valence-electron chi connectivity index (χ1n) is 8.18. The molecule has 2 aliphatic rings. The van der Waals surface area contributed by atoms with Gasteiger partial charge in [0.25, 0.3) is 5.91 Å². The van der Waals surface area contributed by atoms with Crippen molar-refractivity contribution in [3.05, 3.63) is 18.0 Å². The van der Waals surface area contributed by atoms with Gasteiger partial charge in [-0.1, -0.05) is 0 Å². The molecule has 2 atom stereocenters. The molecule has 0 aliphatic carbocycles. The average Bonchev–Trinajstić information content (AvgIpc) is 3.11. The summed E-state index contributed by atoms with van der Waals surface area (Å²) in [6, 6.07) is 1.72. The van der Waals surface area contributed by atoms with E-state index in [0.29, 0.717) is 18.8 Å². The van der Waals surface area contributed by atoms with Crippen LogP contribution in [0.5, 0.6) is 0 Å². The summed E-state index contributed by atoms with van der Waals surface area (Å²) in [7, 11) is -1.44. The number of aromatic nitrogens is 2. The number of sulfonamides is 1. The lowest BCUT2D eigenvalue weighted by Crippen LogP contribution is -2.47. The molecule has 0 bridgehead atoms. The van der Waals surface area contributed by atoms with Gasteiger partial charge in [0.15, 0.2) is 0 Å². The number of amides is 1. The highest BCUT2D eigenvalue weighted by Crippen LogP contribution is 2.36. The molecule has 9 heteroatoms. The largest absolute Gasteiger partial charge is 0.368 e. The van der Waals surface area contributed by atoms with E-state index in [0.717, 1.165) is 31.9 Å². The van der Waals surface area contributed by atoms with E-state index in [1.807, 2.05) is 0 Å². The zero-order valence-corrected chi connectivity index (χ0v) is 14.9. The number of hydrogen-bond acceptors (Lipinski definition) is 5.